The molecule has 0 N–H and O–H groups in total. The molecule has 0 radical (unpaired) electrons. The number of unbranched alkanes of at least 4 members (excludes halogenated alkanes) is 11. The second-order valence-corrected chi connectivity index (χ2v) is 6.67. The summed E-state index contributed by atoms with van der Waals surface area (Å²) in [6.45, 7) is 2.25. The fourth-order valence-electron chi connectivity index (χ4n) is 2.60. The van der Waals surface area contributed by atoms with E-state index in [4.69, 9.17) is 11.6 Å². The van der Waals surface area contributed by atoms with Gasteiger partial charge in [-0.25, -0.2) is 4.39 Å². The highest BCUT2D eigenvalue weighted by Gasteiger charge is 2.17. The molecule has 3 heteroatoms. The average molecular weight is 321 g/mol. The molecule has 0 aromatic rings. The molecule has 2 unspecified atom stereocenters. The lowest BCUT2D eigenvalue weighted by Gasteiger charge is -2.11. The zero-order valence-electron chi connectivity index (χ0n) is 13.8. The first-order valence-electron chi connectivity index (χ1n) is 8.94. The Balaban J connectivity index is 3.17. The van der Waals surface area contributed by atoms with Gasteiger partial charge in [0, 0.05) is 6.42 Å². The number of carbonyl (C=O) groups is 1. The largest absolute Gasteiger partial charge is 0.303 e. The van der Waals surface area contributed by atoms with Crippen LogP contribution in [-0.2, 0) is 4.79 Å². The molecule has 1 nitrogen and oxygen atoms in total. The summed E-state index contributed by atoms with van der Waals surface area (Å²) in [6, 6.07) is 0. The second kappa shape index (κ2) is 16.3. The minimum absolute atomic E-state index is 0.126. The van der Waals surface area contributed by atoms with Crippen LogP contribution in [0.5, 0.6) is 0 Å². The lowest BCUT2D eigenvalue weighted by molar-refractivity contribution is -0.108. The molecule has 0 aliphatic carbocycles. The standard InChI is InChI=1S/C18H34ClFO/c1-2-3-4-5-6-7-8-9-10-11-12-13-14-18(20)17(19)15-16-21/h16-18H,2-15H2,1H3. The van der Waals surface area contributed by atoms with Crippen molar-refractivity contribution in [1.29, 1.82) is 0 Å². The van der Waals surface area contributed by atoms with Crippen LogP contribution in [0.1, 0.15) is 96.8 Å². The first-order valence-corrected chi connectivity index (χ1v) is 9.37. The van der Waals surface area contributed by atoms with Gasteiger partial charge in [0.15, 0.2) is 0 Å². The summed E-state index contributed by atoms with van der Waals surface area (Å²) in [4.78, 5) is 10.2. The van der Waals surface area contributed by atoms with E-state index in [9.17, 15) is 9.18 Å². The highest BCUT2D eigenvalue weighted by Crippen LogP contribution is 2.18. The van der Waals surface area contributed by atoms with Gasteiger partial charge in [-0.3, -0.25) is 0 Å². The van der Waals surface area contributed by atoms with Crippen molar-refractivity contribution in [3.8, 4) is 0 Å². The van der Waals surface area contributed by atoms with E-state index in [1.165, 1.54) is 64.2 Å². The first kappa shape index (κ1) is 20.9. The molecule has 0 saturated carbocycles. The third-order valence-electron chi connectivity index (χ3n) is 4.05. The maximum absolute atomic E-state index is 13.5. The quantitative estimate of drug-likeness (QED) is 0.177. The van der Waals surface area contributed by atoms with Gasteiger partial charge in [-0.2, -0.15) is 0 Å². The summed E-state index contributed by atoms with van der Waals surface area (Å²) >= 11 is 5.77. The van der Waals surface area contributed by atoms with Crippen LogP contribution < -0.4 is 0 Å². The number of hydrogen-bond donors (Lipinski definition) is 0. The van der Waals surface area contributed by atoms with E-state index >= 15 is 0 Å². The van der Waals surface area contributed by atoms with Crippen LogP contribution >= 0.6 is 11.6 Å². The normalized spacial score (nSPS) is 14.0. The summed E-state index contributed by atoms with van der Waals surface area (Å²) in [5.74, 6) is 0. The van der Waals surface area contributed by atoms with Crippen LogP contribution in [0.2, 0.25) is 0 Å². The number of alkyl halides is 2. The Morgan fingerprint density at radius 3 is 1.71 bits per heavy atom. The molecule has 0 amide bonds. The van der Waals surface area contributed by atoms with Gasteiger partial charge in [0.2, 0.25) is 0 Å². The Bertz CT molecular complexity index is 223. The summed E-state index contributed by atoms with van der Waals surface area (Å²) in [5, 5.41) is -0.629. The van der Waals surface area contributed by atoms with E-state index in [1.54, 1.807) is 0 Å². The van der Waals surface area contributed by atoms with Crippen LogP contribution in [0, 0.1) is 0 Å². The third-order valence-corrected chi connectivity index (χ3v) is 4.50. The van der Waals surface area contributed by atoms with Gasteiger partial charge < -0.3 is 4.79 Å². The Labute approximate surface area is 136 Å². The fraction of sp³-hybridized carbons (Fsp3) is 0.944. The van der Waals surface area contributed by atoms with Crippen molar-refractivity contribution in [3.05, 3.63) is 0 Å². The van der Waals surface area contributed by atoms with Crippen LogP contribution in [0.25, 0.3) is 0 Å². The van der Waals surface area contributed by atoms with Crippen molar-refractivity contribution >= 4 is 17.9 Å². The molecule has 0 aromatic heterocycles. The van der Waals surface area contributed by atoms with Gasteiger partial charge >= 0.3 is 0 Å². The molecular weight excluding hydrogens is 287 g/mol. The highest BCUT2D eigenvalue weighted by molar-refractivity contribution is 6.21. The molecule has 0 rings (SSSR count). The maximum atomic E-state index is 13.5. The zero-order valence-corrected chi connectivity index (χ0v) is 14.6. The molecule has 0 aromatic carbocycles. The molecule has 2 atom stereocenters. The SMILES string of the molecule is CCCCCCCCCCCCCCC(F)C(Cl)CC=O. The Hall–Kier alpha value is -0.110. The third kappa shape index (κ3) is 14.6. The van der Waals surface area contributed by atoms with Crippen molar-refractivity contribution in [2.45, 2.75) is 108 Å². The molecule has 0 aliphatic rings. The molecule has 0 heterocycles. The predicted octanol–water partition coefficient (Wildman–Crippen LogP) is 6.61. The lowest BCUT2D eigenvalue weighted by Crippen LogP contribution is -2.16. The van der Waals surface area contributed by atoms with E-state index < -0.39 is 11.5 Å². The van der Waals surface area contributed by atoms with Crippen molar-refractivity contribution < 1.29 is 9.18 Å². The summed E-state index contributed by atoms with van der Waals surface area (Å²) in [5.41, 5.74) is 0. The van der Waals surface area contributed by atoms with Crippen molar-refractivity contribution in [2.75, 3.05) is 0 Å². The van der Waals surface area contributed by atoms with Crippen molar-refractivity contribution in [3.63, 3.8) is 0 Å². The minimum Gasteiger partial charge on any atom is -0.303 e. The van der Waals surface area contributed by atoms with E-state index in [1.807, 2.05) is 0 Å². The Morgan fingerprint density at radius 2 is 1.29 bits per heavy atom. The number of carbonyl (C=O) groups excluding carboxylic acids is 1. The van der Waals surface area contributed by atoms with E-state index in [2.05, 4.69) is 6.92 Å². The molecule has 21 heavy (non-hydrogen) atoms. The molecule has 0 fully saturated rings. The van der Waals surface area contributed by atoms with Gasteiger partial charge in [0.05, 0.1) is 5.38 Å². The number of halogens is 2. The smallest absolute Gasteiger partial charge is 0.121 e. The van der Waals surface area contributed by atoms with Gasteiger partial charge in [0.1, 0.15) is 12.5 Å². The van der Waals surface area contributed by atoms with Crippen LogP contribution in [0.4, 0.5) is 4.39 Å². The van der Waals surface area contributed by atoms with Gasteiger partial charge in [0.25, 0.3) is 0 Å². The number of aldehydes is 1. The van der Waals surface area contributed by atoms with Crippen molar-refractivity contribution in [2.24, 2.45) is 0 Å². The maximum Gasteiger partial charge on any atom is 0.121 e. The molecule has 0 aliphatic heterocycles. The molecule has 0 bridgehead atoms. The second-order valence-electron chi connectivity index (χ2n) is 6.11. The molecular formula is C18H34ClFO. The average Bonchev–Trinajstić information content (AvgIpc) is 2.48. The monoisotopic (exact) mass is 320 g/mol. The Kier molecular flexibility index (Phi) is 16.2. The van der Waals surface area contributed by atoms with Gasteiger partial charge in [-0.1, -0.05) is 84.0 Å². The van der Waals surface area contributed by atoms with E-state index in [0.717, 1.165) is 12.8 Å². The van der Waals surface area contributed by atoms with E-state index in [0.29, 0.717) is 12.7 Å². The summed E-state index contributed by atoms with van der Waals surface area (Å²) in [6.07, 6.45) is 15.6. The molecule has 126 valence electrons. The van der Waals surface area contributed by atoms with Gasteiger partial charge in [-0.05, 0) is 6.42 Å². The van der Waals surface area contributed by atoms with Crippen LogP contribution in [-0.4, -0.2) is 17.8 Å². The Morgan fingerprint density at radius 1 is 0.857 bits per heavy atom. The number of hydrogen-bond acceptors (Lipinski definition) is 1. The van der Waals surface area contributed by atoms with E-state index in [-0.39, 0.29) is 6.42 Å². The summed E-state index contributed by atoms with van der Waals surface area (Å²) < 4.78 is 13.5. The first-order chi connectivity index (χ1) is 10.2. The summed E-state index contributed by atoms with van der Waals surface area (Å²) in [7, 11) is 0. The number of rotatable bonds is 16. The molecule has 0 spiro atoms. The van der Waals surface area contributed by atoms with Crippen molar-refractivity contribution in [1.82, 2.24) is 0 Å². The highest BCUT2D eigenvalue weighted by atomic mass is 35.5. The predicted molar refractivity (Wildman–Crippen MR) is 90.9 cm³/mol. The van der Waals surface area contributed by atoms with Crippen LogP contribution in [0.15, 0.2) is 0 Å². The van der Waals surface area contributed by atoms with Gasteiger partial charge in [-0.15, -0.1) is 11.6 Å². The molecule has 0 saturated heterocycles. The topological polar surface area (TPSA) is 17.1 Å². The minimum atomic E-state index is -1.03. The lowest BCUT2D eigenvalue weighted by atomic mass is 10.0. The zero-order chi connectivity index (χ0) is 15.8. The fourth-order valence-corrected chi connectivity index (χ4v) is 2.80. The van der Waals surface area contributed by atoms with Crippen LogP contribution in [0.3, 0.4) is 0 Å².